The molecule has 19 heavy (non-hydrogen) atoms. The van der Waals surface area contributed by atoms with Crippen LogP contribution in [0.3, 0.4) is 0 Å². The van der Waals surface area contributed by atoms with Gasteiger partial charge in [0.15, 0.2) is 0 Å². The van der Waals surface area contributed by atoms with Crippen LogP contribution >= 0.6 is 0 Å². The second-order valence-corrected chi connectivity index (χ2v) is 5.50. The number of nitrogens with zero attached hydrogens (tertiary/aromatic N) is 1. The summed E-state index contributed by atoms with van der Waals surface area (Å²) in [6.45, 7) is 6.58. The van der Waals surface area contributed by atoms with Crippen LogP contribution < -0.4 is 5.73 Å². The predicted octanol–water partition coefficient (Wildman–Crippen LogP) is 1.95. The maximum atomic E-state index is 11.0. The van der Waals surface area contributed by atoms with Crippen LogP contribution in [0.1, 0.15) is 38.5 Å². The Morgan fingerprint density at radius 3 is 2.63 bits per heavy atom. The summed E-state index contributed by atoms with van der Waals surface area (Å²) in [5.41, 5.74) is 5.31. The average molecular weight is 268 g/mol. The van der Waals surface area contributed by atoms with Gasteiger partial charge in [0.2, 0.25) is 5.91 Å². The standard InChI is InChI=1S/C15H28N2O2/c1-3-10-17(2)11-4-5-12-19-14-8-6-13(7-9-14)15(16)18/h3,13-14H,1,4-12H2,2H3,(H2,16,18)/t13-,14-. The topological polar surface area (TPSA) is 55.6 Å². The molecule has 0 bridgehead atoms. The van der Waals surface area contributed by atoms with Crippen molar-refractivity contribution in [1.29, 1.82) is 0 Å². The third-order valence-corrected chi connectivity index (χ3v) is 3.81. The molecule has 0 saturated heterocycles. The summed E-state index contributed by atoms with van der Waals surface area (Å²) in [4.78, 5) is 13.3. The van der Waals surface area contributed by atoms with Crippen molar-refractivity contribution in [1.82, 2.24) is 4.90 Å². The van der Waals surface area contributed by atoms with Gasteiger partial charge >= 0.3 is 0 Å². The van der Waals surface area contributed by atoms with E-state index >= 15 is 0 Å². The van der Waals surface area contributed by atoms with Crippen molar-refractivity contribution >= 4 is 5.91 Å². The molecule has 0 aromatic rings. The normalized spacial score (nSPS) is 23.5. The molecule has 1 fully saturated rings. The van der Waals surface area contributed by atoms with Gasteiger partial charge in [0.05, 0.1) is 6.10 Å². The maximum absolute atomic E-state index is 11.0. The number of hydrogen-bond acceptors (Lipinski definition) is 3. The first-order valence-electron chi connectivity index (χ1n) is 7.34. The Balaban J connectivity index is 1.99. The highest BCUT2D eigenvalue weighted by atomic mass is 16.5. The van der Waals surface area contributed by atoms with Crippen LogP contribution in [0.2, 0.25) is 0 Å². The number of rotatable bonds is 9. The van der Waals surface area contributed by atoms with Crippen molar-refractivity contribution in [3.63, 3.8) is 0 Å². The summed E-state index contributed by atoms with van der Waals surface area (Å²) in [6.07, 6.45) is 8.24. The summed E-state index contributed by atoms with van der Waals surface area (Å²) < 4.78 is 5.86. The molecule has 1 amide bonds. The highest BCUT2D eigenvalue weighted by Crippen LogP contribution is 2.25. The third kappa shape index (κ3) is 6.73. The van der Waals surface area contributed by atoms with Crippen LogP contribution in [-0.4, -0.2) is 43.7 Å². The molecule has 0 unspecified atom stereocenters. The first-order valence-corrected chi connectivity index (χ1v) is 7.34. The molecule has 1 aliphatic carbocycles. The van der Waals surface area contributed by atoms with E-state index in [0.29, 0.717) is 6.10 Å². The monoisotopic (exact) mass is 268 g/mol. The molecule has 0 radical (unpaired) electrons. The molecule has 110 valence electrons. The fourth-order valence-corrected chi connectivity index (χ4v) is 2.56. The average Bonchev–Trinajstić information content (AvgIpc) is 2.39. The van der Waals surface area contributed by atoms with E-state index in [9.17, 15) is 4.79 Å². The lowest BCUT2D eigenvalue weighted by atomic mass is 9.87. The van der Waals surface area contributed by atoms with Gasteiger partial charge in [-0.15, -0.1) is 6.58 Å². The van der Waals surface area contributed by atoms with Crippen LogP contribution in [0, 0.1) is 5.92 Å². The molecule has 4 nitrogen and oxygen atoms in total. The second-order valence-electron chi connectivity index (χ2n) is 5.50. The Morgan fingerprint density at radius 2 is 2.05 bits per heavy atom. The fourth-order valence-electron chi connectivity index (χ4n) is 2.56. The molecular weight excluding hydrogens is 240 g/mol. The molecular formula is C15H28N2O2. The highest BCUT2D eigenvalue weighted by Gasteiger charge is 2.24. The number of unbranched alkanes of at least 4 members (excludes halogenated alkanes) is 1. The van der Waals surface area contributed by atoms with Gasteiger partial charge in [-0.3, -0.25) is 4.79 Å². The molecule has 0 aromatic carbocycles. The van der Waals surface area contributed by atoms with Crippen molar-refractivity contribution in [3.8, 4) is 0 Å². The van der Waals surface area contributed by atoms with Crippen molar-refractivity contribution in [2.24, 2.45) is 11.7 Å². The molecule has 0 heterocycles. The Bertz CT molecular complexity index is 273. The molecule has 4 heteroatoms. The number of nitrogens with two attached hydrogens (primary N) is 1. The first-order chi connectivity index (χ1) is 9.13. The summed E-state index contributed by atoms with van der Waals surface area (Å²) in [7, 11) is 2.10. The van der Waals surface area contributed by atoms with E-state index in [0.717, 1.165) is 58.2 Å². The van der Waals surface area contributed by atoms with Crippen LogP contribution in [0.4, 0.5) is 0 Å². The number of likely N-dealkylation sites (N-methyl/N-ethyl adjacent to an activating group) is 1. The van der Waals surface area contributed by atoms with Gasteiger partial charge in [0.1, 0.15) is 0 Å². The number of primary amides is 1. The van der Waals surface area contributed by atoms with E-state index < -0.39 is 0 Å². The SMILES string of the molecule is C=CCN(C)CCCCO[C@H]1CC[C@H](C(N)=O)CC1. The number of carbonyl (C=O) groups excluding carboxylic acids is 1. The van der Waals surface area contributed by atoms with Gasteiger partial charge in [-0.2, -0.15) is 0 Å². The summed E-state index contributed by atoms with van der Waals surface area (Å²) in [5.74, 6) is -0.0730. The molecule has 1 saturated carbocycles. The fraction of sp³-hybridized carbons (Fsp3) is 0.800. The molecule has 0 spiro atoms. The lowest BCUT2D eigenvalue weighted by molar-refractivity contribution is -0.123. The zero-order chi connectivity index (χ0) is 14.1. The Hall–Kier alpha value is -0.870. The molecule has 1 rings (SSSR count). The third-order valence-electron chi connectivity index (χ3n) is 3.81. The molecule has 0 atom stereocenters. The molecule has 2 N–H and O–H groups in total. The molecule has 0 aliphatic heterocycles. The highest BCUT2D eigenvalue weighted by molar-refractivity contribution is 5.76. The predicted molar refractivity (Wildman–Crippen MR) is 77.8 cm³/mol. The quantitative estimate of drug-likeness (QED) is 0.513. The van der Waals surface area contributed by atoms with Crippen molar-refractivity contribution in [2.45, 2.75) is 44.6 Å². The number of amides is 1. The van der Waals surface area contributed by atoms with Gasteiger partial charge in [-0.1, -0.05) is 6.08 Å². The van der Waals surface area contributed by atoms with E-state index in [4.69, 9.17) is 10.5 Å². The number of carbonyl (C=O) groups is 1. The Kier molecular flexibility index (Phi) is 7.75. The lowest BCUT2D eigenvalue weighted by Gasteiger charge is -2.26. The van der Waals surface area contributed by atoms with Crippen LogP contribution in [0.25, 0.3) is 0 Å². The van der Waals surface area contributed by atoms with Gasteiger partial charge in [0, 0.05) is 19.1 Å². The van der Waals surface area contributed by atoms with Gasteiger partial charge < -0.3 is 15.4 Å². The van der Waals surface area contributed by atoms with E-state index in [2.05, 4.69) is 18.5 Å². The Morgan fingerprint density at radius 1 is 1.37 bits per heavy atom. The van der Waals surface area contributed by atoms with Gasteiger partial charge in [-0.05, 0) is 52.1 Å². The molecule has 1 aliphatic rings. The summed E-state index contributed by atoms with van der Waals surface area (Å²) in [6, 6.07) is 0. The zero-order valence-corrected chi connectivity index (χ0v) is 12.1. The summed E-state index contributed by atoms with van der Waals surface area (Å²) in [5, 5.41) is 0. The van der Waals surface area contributed by atoms with Crippen LogP contribution in [-0.2, 0) is 9.53 Å². The minimum atomic E-state index is -0.149. The Labute approximate surface area is 117 Å². The maximum Gasteiger partial charge on any atom is 0.220 e. The number of hydrogen-bond donors (Lipinski definition) is 1. The van der Waals surface area contributed by atoms with Crippen molar-refractivity contribution in [2.75, 3.05) is 26.7 Å². The lowest BCUT2D eigenvalue weighted by Crippen LogP contribution is -2.30. The van der Waals surface area contributed by atoms with Crippen molar-refractivity contribution in [3.05, 3.63) is 12.7 Å². The second kappa shape index (κ2) is 9.10. The first kappa shape index (κ1) is 16.2. The van der Waals surface area contributed by atoms with Gasteiger partial charge in [0.25, 0.3) is 0 Å². The minimum absolute atomic E-state index is 0.0763. The number of ether oxygens (including phenoxy) is 1. The van der Waals surface area contributed by atoms with E-state index in [1.807, 2.05) is 6.08 Å². The van der Waals surface area contributed by atoms with E-state index in [-0.39, 0.29) is 11.8 Å². The van der Waals surface area contributed by atoms with Crippen molar-refractivity contribution < 1.29 is 9.53 Å². The molecule has 0 aromatic heterocycles. The smallest absolute Gasteiger partial charge is 0.220 e. The van der Waals surface area contributed by atoms with E-state index in [1.54, 1.807) is 0 Å². The zero-order valence-electron chi connectivity index (χ0n) is 12.1. The largest absolute Gasteiger partial charge is 0.378 e. The van der Waals surface area contributed by atoms with Gasteiger partial charge in [-0.25, -0.2) is 0 Å². The van der Waals surface area contributed by atoms with Crippen LogP contribution in [0.5, 0.6) is 0 Å². The van der Waals surface area contributed by atoms with E-state index in [1.165, 1.54) is 0 Å². The minimum Gasteiger partial charge on any atom is -0.378 e. The van der Waals surface area contributed by atoms with Crippen LogP contribution in [0.15, 0.2) is 12.7 Å². The summed E-state index contributed by atoms with van der Waals surface area (Å²) >= 11 is 0.